The van der Waals surface area contributed by atoms with Gasteiger partial charge in [-0.15, -0.1) is 0 Å². The predicted octanol–water partition coefficient (Wildman–Crippen LogP) is 4.19. The minimum atomic E-state index is -0.450. The summed E-state index contributed by atoms with van der Waals surface area (Å²) in [4.78, 5) is 28.7. The summed E-state index contributed by atoms with van der Waals surface area (Å²) < 4.78 is 13.8. The van der Waals surface area contributed by atoms with Crippen molar-refractivity contribution in [2.45, 2.75) is 45.6 Å². The van der Waals surface area contributed by atoms with Gasteiger partial charge in [-0.3, -0.25) is 14.7 Å². The van der Waals surface area contributed by atoms with Crippen molar-refractivity contribution in [1.29, 1.82) is 0 Å². The molecule has 3 aromatic rings. The number of hydrogen-bond donors (Lipinski definition) is 1. The Labute approximate surface area is 187 Å². The Morgan fingerprint density at radius 3 is 2.66 bits per heavy atom. The molecular weight excluding hydrogens is 405 g/mol. The molecule has 3 heterocycles. The maximum Gasteiger partial charge on any atom is 0.229 e. The highest BCUT2D eigenvalue weighted by Crippen LogP contribution is 2.27. The normalized spacial score (nSPS) is 16.7. The number of nitrogens with one attached hydrogen (secondary N) is 1. The highest BCUT2D eigenvalue weighted by Gasteiger charge is 2.25. The lowest BCUT2D eigenvalue weighted by Gasteiger charge is -2.32. The number of rotatable bonds is 6. The highest BCUT2D eigenvalue weighted by molar-refractivity contribution is 5.92. The Morgan fingerprint density at radius 2 is 1.94 bits per heavy atom. The second-order valence-electron chi connectivity index (χ2n) is 8.37. The first-order chi connectivity index (χ1) is 15.5. The number of amides is 1. The molecule has 0 saturated carbocycles. The van der Waals surface area contributed by atoms with Crippen molar-refractivity contribution < 1.29 is 9.18 Å². The fourth-order valence-electron chi connectivity index (χ4n) is 4.28. The molecule has 1 N–H and O–H groups in total. The number of nitrogens with zero attached hydrogens (tertiary/aromatic N) is 4. The summed E-state index contributed by atoms with van der Waals surface area (Å²) in [6.45, 7) is 6.66. The van der Waals surface area contributed by atoms with E-state index in [1.54, 1.807) is 24.4 Å². The Bertz CT molecular complexity index is 1070. The zero-order valence-corrected chi connectivity index (χ0v) is 18.5. The van der Waals surface area contributed by atoms with E-state index in [2.05, 4.69) is 21.3 Å². The molecule has 1 aromatic carbocycles. The van der Waals surface area contributed by atoms with Gasteiger partial charge in [0.15, 0.2) is 0 Å². The number of pyridine rings is 1. The lowest BCUT2D eigenvalue weighted by Crippen LogP contribution is -2.34. The number of carbonyl (C=O) groups excluding carboxylic acids is 1. The molecule has 4 rings (SSSR count). The standard InChI is InChI=1S/C25H28FN5O/c1-17-21(13-24(32)30-23-10-4-3-9-22(23)26)18(2)29-25(28-17)20-8-6-12-31(16-20)15-19-7-5-11-27-14-19/h3-5,7,9-11,14,20H,6,8,12-13,15-16H2,1-2H3,(H,30,32). The van der Waals surface area contributed by atoms with Gasteiger partial charge in [0.1, 0.15) is 11.6 Å². The zero-order chi connectivity index (χ0) is 22.5. The van der Waals surface area contributed by atoms with Gasteiger partial charge in [0.05, 0.1) is 12.1 Å². The summed E-state index contributed by atoms with van der Waals surface area (Å²) >= 11 is 0. The first kappa shape index (κ1) is 22.0. The number of carbonyl (C=O) groups is 1. The molecule has 0 radical (unpaired) electrons. The molecule has 6 nitrogen and oxygen atoms in total. The molecule has 1 atom stereocenters. The maximum atomic E-state index is 13.8. The van der Waals surface area contributed by atoms with Gasteiger partial charge in [-0.2, -0.15) is 0 Å². The van der Waals surface area contributed by atoms with Crippen LogP contribution < -0.4 is 5.32 Å². The van der Waals surface area contributed by atoms with E-state index < -0.39 is 5.82 Å². The molecule has 166 valence electrons. The van der Waals surface area contributed by atoms with E-state index in [0.29, 0.717) is 0 Å². The third-order valence-corrected chi connectivity index (χ3v) is 5.92. The van der Waals surface area contributed by atoms with Crippen molar-refractivity contribution in [3.63, 3.8) is 0 Å². The summed E-state index contributed by atoms with van der Waals surface area (Å²) in [7, 11) is 0. The third kappa shape index (κ3) is 5.34. The van der Waals surface area contributed by atoms with Crippen molar-refractivity contribution >= 4 is 11.6 Å². The number of benzene rings is 1. The van der Waals surface area contributed by atoms with E-state index in [4.69, 9.17) is 9.97 Å². The van der Waals surface area contributed by atoms with Crippen molar-refractivity contribution in [2.75, 3.05) is 18.4 Å². The summed E-state index contributed by atoms with van der Waals surface area (Å²) in [5, 5.41) is 2.64. The van der Waals surface area contributed by atoms with Gasteiger partial charge in [0.2, 0.25) is 5.91 Å². The number of hydrogen-bond acceptors (Lipinski definition) is 5. The quantitative estimate of drug-likeness (QED) is 0.631. The summed E-state index contributed by atoms with van der Waals surface area (Å²) in [5.74, 6) is 0.375. The number of aromatic nitrogens is 3. The van der Waals surface area contributed by atoms with Gasteiger partial charge in [-0.1, -0.05) is 18.2 Å². The molecule has 1 unspecified atom stereocenters. The lowest BCUT2D eigenvalue weighted by molar-refractivity contribution is -0.115. The average Bonchev–Trinajstić information content (AvgIpc) is 2.78. The van der Waals surface area contributed by atoms with Gasteiger partial charge >= 0.3 is 0 Å². The molecule has 0 spiro atoms. The van der Waals surface area contributed by atoms with Crippen molar-refractivity contribution in [2.24, 2.45) is 0 Å². The SMILES string of the molecule is Cc1nc(C2CCCN(Cc3cccnc3)C2)nc(C)c1CC(=O)Nc1ccccc1F. The zero-order valence-electron chi connectivity index (χ0n) is 18.5. The van der Waals surface area contributed by atoms with Crippen LogP contribution in [-0.4, -0.2) is 38.8 Å². The largest absolute Gasteiger partial charge is 0.323 e. The Balaban J connectivity index is 1.44. The number of piperidine rings is 1. The van der Waals surface area contributed by atoms with Gasteiger partial charge in [0.25, 0.3) is 0 Å². The van der Waals surface area contributed by atoms with Crippen LogP contribution in [0.5, 0.6) is 0 Å². The predicted molar refractivity (Wildman–Crippen MR) is 122 cm³/mol. The Kier molecular flexibility index (Phi) is 6.85. The molecule has 0 bridgehead atoms. The topological polar surface area (TPSA) is 71.0 Å². The number of aryl methyl sites for hydroxylation is 2. The Hall–Kier alpha value is -3.19. The molecule has 2 aromatic heterocycles. The number of likely N-dealkylation sites (tertiary alicyclic amines) is 1. The summed E-state index contributed by atoms with van der Waals surface area (Å²) in [6.07, 6.45) is 5.97. The van der Waals surface area contributed by atoms with Crippen molar-refractivity contribution in [1.82, 2.24) is 19.9 Å². The minimum absolute atomic E-state index is 0.115. The monoisotopic (exact) mass is 433 g/mol. The molecule has 1 aliphatic rings. The van der Waals surface area contributed by atoms with Crippen LogP contribution >= 0.6 is 0 Å². The first-order valence-electron chi connectivity index (χ1n) is 11.0. The number of anilines is 1. The van der Waals surface area contributed by atoms with Crippen LogP contribution in [0.15, 0.2) is 48.8 Å². The van der Waals surface area contributed by atoms with Crippen LogP contribution in [0.2, 0.25) is 0 Å². The van der Waals surface area contributed by atoms with E-state index in [-0.39, 0.29) is 23.9 Å². The Morgan fingerprint density at radius 1 is 1.16 bits per heavy atom. The smallest absolute Gasteiger partial charge is 0.229 e. The average molecular weight is 434 g/mol. The second kappa shape index (κ2) is 9.96. The minimum Gasteiger partial charge on any atom is -0.323 e. The van der Waals surface area contributed by atoms with Crippen LogP contribution in [0.1, 0.15) is 47.1 Å². The number of halogens is 1. The molecule has 1 saturated heterocycles. The van der Waals surface area contributed by atoms with Gasteiger partial charge < -0.3 is 5.32 Å². The fourth-order valence-corrected chi connectivity index (χ4v) is 4.28. The van der Waals surface area contributed by atoms with E-state index in [9.17, 15) is 9.18 Å². The van der Waals surface area contributed by atoms with E-state index in [1.165, 1.54) is 11.6 Å². The van der Waals surface area contributed by atoms with Gasteiger partial charge in [-0.25, -0.2) is 14.4 Å². The van der Waals surface area contributed by atoms with Gasteiger partial charge in [-0.05, 0) is 57.0 Å². The molecule has 1 fully saturated rings. The van der Waals surface area contributed by atoms with Crippen LogP contribution in [0.3, 0.4) is 0 Å². The third-order valence-electron chi connectivity index (χ3n) is 5.92. The molecule has 7 heteroatoms. The molecule has 32 heavy (non-hydrogen) atoms. The second-order valence-corrected chi connectivity index (χ2v) is 8.37. The van der Waals surface area contributed by atoms with Crippen LogP contribution in [0, 0.1) is 19.7 Å². The van der Waals surface area contributed by atoms with Crippen molar-refractivity contribution in [3.8, 4) is 0 Å². The van der Waals surface area contributed by atoms with E-state index in [0.717, 1.165) is 55.3 Å². The molecular formula is C25H28FN5O. The first-order valence-corrected chi connectivity index (χ1v) is 11.0. The lowest BCUT2D eigenvalue weighted by atomic mass is 9.96. The summed E-state index contributed by atoms with van der Waals surface area (Å²) in [6, 6.07) is 10.2. The van der Waals surface area contributed by atoms with Gasteiger partial charge in [0, 0.05) is 48.4 Å². The number of para-hydroxylation sites is 1. The van der Waals surface area contributed by atoms with Crippen LogP contribution in [-0.2, 0) is 17.8 Å². The van der Waals surface area contributed by atoms with Crippen LogP contribution in [0.25, 0.3) is 0 Å². The summed E-state index contributed by atoms with van der Waals surface area (Å²) in [5.41, 5.74) is 3.80. The van der Waals surface area contributed by atoms with E-state index in [1.807, 2.05) is 26.1 Å². The molecule has 1 aliphatic heterocycles. The molecule has 1 amide bonds. The fraction of sp³-hybridized carbons (Fsp3) is 0.360. The molecule has 0 aliphatic carbocycles. The van der Waals surface area contributed by atoms with E-state index >= 15 is 0 Å². The maximum absolute atomic E-state index is 13.8. The van der Waals surface area contributed by atoms with Crippen molar-refractivity contribution in [3.05, 3.63) is 82.9 Å². The highest BCUT2D eigenvalue weighted by atomic mass is 19.1. The van der Waals surface area contributed by atoms with Crippen LogP contribution in [0.4, 0.5) is 10.1 Å².